The second kappa shape index (κ2) is 4.28. The van der Waals surface area contributed by atoms with Crippen LogP contribution in [0.4, 0.5) is 0 Å². The van der Waals surface area contributed by atoms with Crippen LogP contribution in [0.5, 0.6) is 0 Å². The molecule has 0 aliphatic heterocycles. The molecular weight excluding hydrogens is 224 g/mol. The number of hydrogen-bond acceptors (Lipinski definition) is 1. The fourth-order valence-corrected chi connectivity index (χ4v) is 2.03. The standard InChI is InChI=1S/C12H13ClN2O/c1-14-7-8-15(2)12(14)11(16)9-5-3-4-6-10(9)13/h3-8,11H,1-2H3. The van der Waals surface area contributed by atoms with Gasteiger partial charge in [-0.15, -0.1) is 0 Å². The number of rotatable bonds is 2. The molecule has 1 aromatic carbocycles. The summed E-state index contributed by atoms with van der Waals surface area (Å²) in [6, 6.07) is 7.16. The molecule has 0 saturated heterocycles. The van der Waals surface area contributed by atoms with Gasteiger partial charge in [0.05, 0.1) is 14.1 Å². The van der Waals surface area contributed by atoms with Gasteiger partial charge < -0.3 is 5.11 Å². The van der Waals surface area contributed by atoms with E-state index in [9.17, 15) is 5.11 Å². The maximum absolute atomic E-state index is 12.3. The molecule has 2 aromatic rings. The number of benzene rings is 1. The molecular formula is C12H13ClN2O. The van der Waals surface area contributed by atoms with Crippen LogP contribution in [0.25, 0.3) is 0 Å². The van der Waals surface area contributed by atoms with Crippen LogP contribution in [0.15, 0.2) is 36.7 Å². The van der Waals surface area contributed by atoms with Gasteiger partial charge in [0.2, 0.25) is 5.82 Å². The first-order valence-corrected chi connectivity index (χ1v) is 5.40. The Morgan fingerprint density at radius 2 is 2.06 bits per heavy atom. The van der Waals surface area contributed by atoms with E-state index >= 15 is 0 Å². The van der Waals surface area contributed by atoms with Crippen molar-refractivity contribution in [1.82, 2.24) is 4.57 Å². The van der Waals surface area contributed by atoms with Crippen LogP contribution >= 0.6 is 11.6 Å². The van der Waals surface area contributed by atoms with Gasteiger partial charge >= 0.3 is 0 Å². The summed E-state index contributed by atoms with van der Waals surface area (Å²) in [5.41, 5.74) is 0.613. The van der Waals surface area contributed by atoms with E-state index in [1.54, 1.807) is 12.1 Å². The largest absolute Gasteiger partial charge is 0.840 e. The lowest BCUT2D eigenvalue weighted by atomic mass is 10.1. The minimum atomic E-state index is -0.960. The molecule has 0 fully saturated rings. The highest BCUT2D eigenvalue weighted by molar-refractivity contribution is 6.31. The predicted molar refractivity (Wildman–Crippen MR) is 59.9 cm³/mol. The third-order valence-electron chi connectivity index (χ3n) is 2.66. The molecule has 84 valence electrons. The first-order valence-electron chi connectivity index (χ1n) is 5.02. The van der Waals surface area contributed by atoms with Crippen molar-refractivity contribution in [3.05, 3.63) is 53.1 Å². The van der Waals surface area contributed by atoms with Gasteiger partial charge in [-0.2, -0.15) is 0 Å². The molecule has 0 N–H and O–H groups in total. The molecule has 0 spiro atoms. The van der Waals surface area contributed by atoms with E-state index in [2.05, 4.69) is 0 Å². The second-order valence-electron chi connectivity index (χ2n) is 3.78. The van der Waals surface area contributed by atoms with E-state index in [1.165, 1.54) is 0 Å². The molecule has 0 amide bonds. The first-order chi connectivity index (χ1) is 7.61. The highest BCUT2D eigenvalue weighted by Gasteiger charge is 2.17. The van der Waals surface area contributed by atoms with E-state index in [-0.39, 0.29) is 0 Å². The molecule has 1 aromatic heterocycles. The summed E-state index contributed by atoms with van der Waals surface area (Å²) >= 11 is 6.02. The van der Waals surface area contributed by atoms with Gasteiger partial charge in [0.25, 0.3) is 0 Å². The van der Waals surface area contributed by atoms with Gasteiger partial charge in [-0.3, -0.25) is 0 Å². The van der Waals surface area contributed by atoms with Gasteiger partial charge in [-0.25, -0.2) is 9.13 Å². The lowest BCUT2D eigenvalue weighted by molar-refractivity contribution is -0.691. The molecule has 0 radical (unpaired) electrons. The van der Waals surface area contributed by atoms with Crippen LogP contribution in [0.1, 0.15) is 17.5 Å². The summed E-state index contributed by atoms with van der Waals surface area (Å²) in [6.07, 6.45) is 2.76. The monoisotopic (exact) mass is 236 g/mol. The van der Waals surface area contributed by atoms with E-state index in [0.29, 0.717) is 16.4 Å². The molecule has 0 bridgehead atoms. The summed E-state index contributed by atoms with van der Waals surface area (Å²) < 4.78 is 3.64. The van der Waals surface area contributed by atoms with Crippen molar-refractivity contribution in [2.45, 2.75) is 6.10 Å². The molecule has 0 aliphatic rings. The highest BCUT2D eigenvalue weighted by atomic mass is 35.5. The minimum Gasteiger partial charge on any atom is -0.840 e. The fourth-order valence-electron chi connectivity index (χ4n) is 1.80. The lowest BCUT2D eigenvalue weighted by Crippen LogP contribution is -2.38. The summed E-state index contributed by atoms with van der Waals surface area (Å²) in [7, 11) is 3.72. The van der Waals surface area contributed by atoms with E-state index < -0.39 is 6.10 Å². The van der Waals surface area contributed by atoms with Crippen molar-refractivity contribution in [3.8, 4) is 0 Å². The topological polar surface area (TPSA) is 31.9 Å². The third-order valence-corrected chi connectivity index (χ3v) is 3.00. The Balaban J connectivity index is 2.47. The van der Waals surface area contributed by atoms with Crippen molar-refractivity contribution in [2.75, 3.05) is 0 Å². The zero-order valence-corrected chi connectivity index (χ0v) is 9.98. The molecule has 0 aliphatic carbocycles. The maximum Gasteiger partial charge on any atom is 0.246 e. The summed E-state index contributed by atoms with van der Waals surface area (Å²) in [6.45, 7) is 0. The summed E-state index contributed by atoms with van der Waals surface area (Å²) in [4.78, 5) is 0. The Hall–Kier alpha value is -1.32. The van der Waals surface area contributed by atoms with Crippen molar-refractivity contribution < 1.29 is 9.67 Å². The molecule has 0 saturated carbocycles. The van der Waals surface area contributed by atoms with Crippen LogP contribution < -0.4 is 9.67 Å². The SMILES string of the molecule is Cn1cc[n+](C)c1C([O-])c1ccccc1Cl. The average Bonchev–Trinajstić information content (AvgIpc) is 2.58. The second-order valence-corrected chi connectivity index (χ2v) is 4.19. The number of aromatic nitrogens is 2. The normalized spacial score (nSPS) is 12.8. The zero-order valence-electron chi connectivity index (χ0n) is 9.22. The Bertz CT molecular complexity index is 488. The van der Waals surface area contributed by atoms with Crippen molar-refractivity contribution in [3.63, 3.8) is 0 Å². The highest BCUT2D eigenvalue weighted by Crippen LogP contribution is 2.23. The molecule has 16 heavy (non-hydrogen) atoms. The number of halogens is 1. The van der Waals surface area contributed by atoms with Gasteiger partial charge in [-0.1, -0.05) is 29.8 Å². The van der Waals surface area contributed by atoms with Crippen LogP contribution in [0, 0.1) is 0 Å². The van der Waals surface area contributed by atoms with Gasteiger partial charge in [0.15, 0.2) is 0 Å². The van der Waals surface area contributed by atoms with E-state index in [1.807, 2.05) is 47.8 Å². The Kier molecular flexibility index (Phi) is 2.99. The fraction of sp³-hybridized carbons (Fsp3) is 0.250. The number of hydrogen-bond donors (Lipinski definition) is 0. The third kappa shape index (κ3) is 1.84. The average molecular weight is 237 g/mol. The van der Waals surface area contributed by atoms with Crippen LogP contribution in [0.3, 0.4) is 0 Å². The summed E-state index contributed by atoms with van der Waals surface area (Å²) in [5.74, 6) is 0.688. The Morgan fingerprint density at radius 1 is 1.38 bits per heavy atom. The first kappa shape index (κ1) is 11.2. The van der Waals surface area contributed by atoms with E-state index in [4.69, 9.17) is 11.6 Å². The molecule has 1 atom stereocenters. The van der Waals surface area contributed by atoms with Crippen LogP contribution in [0.2, 0.25) is 5.02 Å². The van der Waals surface area contributed by atoms with Gasteiger partial charge in [0.1, 0.15) is 12.4 Å². The molecule has 3 nitrogen and oxygen atoms in total. The molecule has 2 rings (SSSR count). The van der Waals surface area contributed by atoms with Crippen molar-refractivity contribution in [1.29, 1.82) is 0 Å². The number of aryl methyl sites for hydroxylation is 2. The Labute approximate surface area is 99.5 Å². The van der Waals surface area contributed by atoms with Gasteiger partial charge in [0, 0.05) is 11.1 Å². The van der Waals surface area contributed by atoms with E-state index in [0.717, 1.165) is 0 Å². The van der Waals surface area contributed by atoms with Crippen LogP contribution in [-0.4, -0.2) is 4.57 Å². The number of imidazole rings is 1. The smallest absolute Gasteiger partial charge is 0.246 e. The van der Waals surface area contributed by atoms with Crippen molar-refractivity contribution in [2.24, 2.45) is 14.1 Å². The minimum absolute atomic E-state index is 0.517. The predicted octanol–water partition coefficient (Wildman–Crippen LogP) is 0.953. The summed E-state index contributed by atoms with van der Waals surface area (Å²) in [5, 5.41) is 12.8. The zero-order chi connectivity index (χ0) is 11.7. The molecule has 4 heteroatoms. The molecule has 1 unspecified atom stereocenters. The lowest BCUT2D eigenvalue weighted by Gasteiger charge is -2.20. The quantitative estimate of drug-likeness (QED) is 0.715. The van der Waals surface area contributed by atoms with Crippen molar-refractivity contribution >= 4 is 11.6 Å². The number of nitrogens with zero attached hydrogens (tertiary/aromatic N) is 2. The molecule has 1 heterocycles. The van der Waals surface area contributed by atoms with Crippen LogP contribution in [-0.2, 0) is 14.1 Å². The van der Waals surface area contributed by atoms with Gasteiger partial charge in [-0.05, 0) is 11.6 Å². The Morgan fingerprint density at radius 3 is 2.62 bits per heavy atom. The maximum atomic E-state index is 12.3.